The number of hydrogen-bond acceptors (Lipinski definition) is 3. The van der Waals surface area contributed by atoms with Crippen molar-refractivity contribution < 1.29 is 14.3 Å². The lowest BCUT2D eigenvalue weighted by Gasteiger charge is -1.99. The first kappa shape index (κ1) is 10.2. The molecular weight excluding hydrogens is 168 g/mol. The lowest BCUT2D eigenvalue weighted by atomic mass is 10.1. The van der Waals surface area contributed by atoms with E-state index >= 15 is 0 Å². The Labute approximate surface area is 78.5 Å². The predicted molar refractivity (Wildman–Crippen MR) is 48.1 cm³/mol. The van der Waals surface area contributed by atoms with Crippen molar-refractivity contribution in [3.63, 3.8) is 0 Å². The molecule has 3 nitrogen and oxygen atoms in total. The lowest BCUT2D eigenvalue weighted by Crippen LogP contribution is -2.11. The van der Waals surface area contributed by atoms with Crippen LogP contribution in [-0.4, -0.2) is 18.4 Å². The molecule has 0 saturated heterocycles. The van der Waals surface area contributed by atoms with Crippen LogP contribution in [0, 0.1) is 11.8 Å². The largest absolute Gasteiger partial charge is 0.466 e. The van der Waals surface area contributed by atoms with E-state index in [0.29, 0.717) is 19.4 Å². The van der Waals surface area contributed by atoms with E-state index in [1.807, 2.05) is 6.92 Å². The Kier molecular flexibility index (Phi) is 3.46. The molecule has 0 unspecified atom stereocenters. The van der Waals surface area contributed by atoms with Crippen LogP contribution in [0.15, 0.2) is 0 Å². The Hall–Kier alpha value is -0.860. The molecule has 74 valence electrons. The summed E-state index contributed by atoms with van der Waals surface area (Å²) in [5.74, 6) is -0.129. The summed E-state index contributed by atoms with van der Waals surface area (Å²) >= 11 is 0. The van der Waals surface area contributed by atoms with E-state index < -0.39 is 0 Å². The molecule has 0 aromatic rings. The first-order valence-electron chi connectivity index (χ1n) is 4.90. The number of rotatable bonds is 5. The van der Waals surface area contributed by atoms with E-state index in [9.17, 15) is 9.59 Å². The highest BCUT2D eigenvalue weighted by molar-refractivity contribution is 5.91. The fourth-order valence-corrected chi connectivity index (χ4v) is 1.49. The van der Waals surface area contributed by atoms with Gasteiger partial charge in [0.2, 0.25) is 0 Å². The minimum atomic E-state index is -0.197. The van der Waals surface area contributed by atoms with Crippen LogP contribution in [0.2, 0.25) is 0 Å². The first-order chi connectivity index (χ1) is 6.20. The summed E-state index contributed by atoms with van der Waals surface area (Å²) in [7, 11) is 0. The Bertz CT molecular complexity index is 188. The Morgan fingerprint density at radius 2 is 2.00 bits per heavy atom. The SMILES string of the molecule is CCCC(=O)[C@@H]1C[C@H]1C(=O)OCC. The van der Waals surface area contributed by atoms with Crippen molar-refractivity contribution in [2.75, 3.05) is 6.61 Å². The topological polar surface area (TPSA) is 43.4 Å². The number of ketones is 1. The van der Waals surface area contributed by atoms with Crippen LogP contribution >= 0.6 is 0 Å². The molecule has 0 heterocycles. The van der Waals surface area contributed by atoms with Gasteiger partial charge in [-0.2, -0.15) is 0 Å². The number of carbonyl (C=O) groups is 2. The van der Waals surface area contributed by atoms with Gasteiger partial charge in [0.1, 0.15) is 5.78 Å². The monoisotopic (exact) mass is 184 g/mol. The molecule has 1 aliphatic carbocycles. The summed E-state index contributed by atoms with van der Waals surface area (Å²) in [5.41, 5.74) is 0. The highest BCUT2D eigenvalue weighted by atomic mass is 16.5. The summed E-state index contributed by atoms with van der Waals surface area (Å²) in [6.07, 6.45) is 2.17. The fraction of sp³-hybridized carbons (Fsp3) is 0.800. The molecule has 0 radical (unpaired) electrons. The second-order valence-corrected chi connectivity index (χ2v) is 3.42. The van der Waals surface area contributed by atoms with E-state index in [1.165, 1.54) is 0 Å². The second-order valence-electron chi connectivity index (χ2n) is 3.42. The van der Waals surface area contributed by atoms with Crippen LogP contribution in [0.4, 0.5) is 0 Å². The van der Waals surface area contributed by atoms with Gasteiger partial charge in [-0.15, -0.1) is 0 Å². The molecular formula is C10H16O3. The van der Waals surface area contributed by atoms with E-state index in [0.717, 1.165) is 6.42 Å². The molecule has 2 atom stereocenters. The van der Waals surface area contributed by atoms with Crippen molar-refractivity contribution in [2.45, 2.75) is 33.1 Å². The van der Waals surface area contributed by atoms with Crippen molar-refractivity contribution in [1.82, 2.24) is 0 Å². The summed E-state index contributed by atoms with van der Waals surface area (Å²) in [4.78, 5) is 22.5. The van der Waals surface area contributed by atoms with Crippen molar-refractivity contribution in [3.8, 4) is 0 Å². The molecule has 0 aromatic heterocycles. The number of carbonyl (C=O) groups excluding carboxylic acids is 2. The molecule has 1 aliphatic rings. The van der Waals surface area contributed by atoms with Crippen molar-refractivity contribution in [2.24, 2.45) is 11.8 Å². The van der Waals surface area contributed by atoms with Crippen molar-refractivity contribution in [3.05, 3.63) is 0 Å². The molecule has 3 heteroatoms. The van der Waals surface area contributed by atoms with Gasteiger partial charge in [-0.3, -0.25) is 9.59 Å². The summed E-state index contributed by atoms with van der Waals surface area (Å²) in [5, 5.41) is 0. The standard InChI is InChI=1S/C10H16O3/c1-3-5-9(11)7-6-8(7)10(12)13-4-2/h7-8H,3-6H2,1-2H3/t7-,8-/m1/s1. The number of esters is 1. The molecule has 0 N–H and O–H groups in total. The van der Waals surface area contributed by atoms with Crippen LogP contribution in [0.5, 0.6) is 0 Å². The maximum absolute atomic E-state index is 11.3. The zero-order valence-corrected chi connectivity index (χ0v) is 8.21. The Morgan fingerprint density at radius 3 is 2.54 bits per heavy atom. The van der Waals surface area contributed by atoms with E-state index in [2.05, 4.69) is 0 Å². The van der Waals surface area contributed by atoms with Crippen LogP contribution in [0.1, 0.15) is 33.1 Å². The van der Waals surface area contributed by atoms with Crippen molar-refractivity contribution >= 4 is 11.8 Å². The number of hydrogen-bond donors (Lipinski definition) is 0. The number of ether oxygens (including phenoxy) is 1. The molecule has 1 saturated carbocycles. The number of Topliss-reactive ketones (excluding diaryl/α,β-unsaturated/α-hetero) is 1. The summed E-state index contributed by atoms with van der Waals surface area (Å²) in [6, 6.07) is 0. The van der Waals surface area contributed by atoms with Gasteiger partial charge >= 0.3 is 5.97 Å². The van der Waals surface area contributed by atoms with Crippen LogP contribution in [-0.2, 0) is 14.3 Å². The van der Waals surface area contributed by atoms with Crippen LogP contribution in [0.3, 0.4) is 0 Å². The van der Waals surface area contributed by atoms with Gasteiger partial charge in [-0.1, -0.05) is 6.92 Å². The zero-order chi connectivity index (χ0) is 9.84. The molecule has 13 heavy (non-hydrogen) atoms. The first-order valence-corrected chi connectivity index (χ1v) is 4.90. The van der Waals surface area contributed by atoms with Gasteiger partial charge in [-0.25, -0.2) is 0 Å². The molecule has 0 aliphatic heterocycles. The van der Waals surface area contributed by atoms with Gasteiger partial charge in [0.25, 0.3) is 0 Å². The highest BCUT2D eigenvalue weighted by Gasteiger charge is 2.48. The minimum Gasteiger partial charge on any atom is -0.466 e. The Balaban J connectivity index is 2.29. The zero-order valence-electron chi connectivity index (χ0n) is 8.21. The smallest absolute Gasteiger partial charge is 0.309 e. The van der Waals surface area contributed by atoms with Gasteiger partial charge in [-0.05, 0) is 19.8 Å². The van der Waals surface area contributed by atoms with Gasteiger partial charge in [0.15, 0.2) is 0 Å². The van der Waals surface area contributed by atoms with Gasteiger partial charge < -0.3 is 4.74 Å². The van der Waals surface area contributed by atoms with Crippen molar-refractivity contribution in [1.29, 1.82) is 0 Å². The lowest BCUT2D eigenvalue weighted by molar-refractivity contribution is -0.145. The molecule has 1 rings (SSSR count). The average molecular weight is 184 g/mol. The fourth-order valence-electron chi connectivity index (χ4n) is 1.49. The highest BCUT2D eigenvalue weighted by Crippen LogP contribution is 2.41. The van der Waals surface area contributed by atoms with E-state index in [1.54, 1.807) is 6.92 Å². The maximum Gasteiger partial charge on any atom is 0.309 e. The minimum absolute atomic E-state index is 0.0287. The molecule has 1 fully saturated rings. The second kappa shape index (κ2) is 4.40. The van der Waals surface area contributed by atoms with Gasteiger partial charge in [0, 0.05) is 12.3 Å². The molecule has 0 amide bonds. The third-order valence-electron chi connectivity index (χ3n) is 2.29. The maximum atomic E-state index is 11.3. The van der Waals surface area contributed by atoms with Crippen LogP contribution < -0.4 is 0 Å². The molecule has 0 bridgehead atoms. The van der Waals surface area contributed by atoms with E-state index in [4.69, 9.17) is 4.74 Å². The normalized spacial score (nSPS) is 25.4. The quantitative estimate of drug-likeness (QED) is 0.609. The third kappa shape index (κ3) is 2.54. The van der Waals surface area contributed by atoms with E-state index in [-0.39, 0.29) is 23.6 Å². The third-order valence-corrected chi connectivity index (χ3v) is 2.29. The predicted octanol–water partition coefficient (Wildman–Crippen LogP) is 1.55. The molecule has 0 aromatic carbocycles. The summed E-state index contributed by atoms with van der Waals surface area (Å²) in [6.45, 7) is 4.16. The summed E-state index contributed by atoms with van der Waals surface area (Å²) < 4.78 is 4.83. The Morgan fingerprint density at radius 1 is 1.31 bits per heavy atom. The van der Waals surface area contributed by atoms with Gasteiger partial charge in [0.05, 0.1) is 12.5 Å². The van der Waals surface area contributed by atoms with Crippen LogP contribution in [0.25, 0.3) is 0 Å². The molecule has 0 spiro atoms. The average Bonchev–Trinajstić information content (AvgIpc) is 2.84.